The highest BCUT2D eigenvalue weighted by Gasteiger charge is 2.24. The van der Waals surface area contributed by atoms with Crippen molar-refractivity contribution in [2.24, 2.45) is 0 Å². The van der Waals surface area contributed by atoms with E-state index in [1.807, 2.05) is 6.92 Å². The molecule has 0 fully saturated rings. The summed E-state index contributed by atoms with van der Waals surface area (Å²) in [6, 6.07) is 4.44. The molecule has 0 saturated heterocycles. The van der Waals surface area contributed by atoms with Crippen LogP contribution in [0.2, 0.25) is 0 Å². The lowest BCUT2D eigenvalue weighted by Crippen LogP contribution is -2.41. The van der Waals surface area contributed by atoms with Crippen molar-refractivity contribution in [1.29, 1.82) is 0 Å². The lowest BCUT2D eigenvalue weighted by molar-refractivity contribution is -0.890. The lowest BCUT2D eigenvalue weighted by Gasteiger charge is -2.30. The Morgan fingerprint density at radius 1 is 1.04 bits per heavy atom. The summed E-state index contributed by atoms with van der Waals surface area (Å²) in [6.45, 7) is 13.5. The van der Waals surface area contributed by atoms with Gasteiger partial charge in [-0.3, -0.25) is 0 Å². The second-order valence-electron chi connectivity index (χ2n) is 8.06. The van der Waals surface area contributed by atoms with Gasteiger partial charge in [0.25, 0.3) is 0 Å². The van der Waals surface area contributed by atoms with Gasteiger partial charge in [0.15, 0.2) is 0 Å². The first kappa shape index (κ1) is 20.0. The highest BCUT2D eigenvalue weighted by molar-refractivity contribution is 5.45. The molecule has 1 aromatic rings. The molecule has 2 nitrogen and oxygen atoms in total. The molecular weight excluding hydrogens is 282 g/mol. The van der Waals surface area contributed by atoms with Crippen LogP contribution in [0.15, 0.2) is 12.1 Å². The molecule has 0 unspecified atom stereocenters. The summed E-state index contributed by atoms with van der Waals surface area (Å²) in [5.41, 5.74) is 3.75. The first-order chi connectivity index (χ1) is 10.7. The molecule has 2 heteroatoms. The summed E-state index contributed by atoms with van der Waals surface area (Å²) in [6.07, 6.45) is 5.58. The van der Waals surface area contributed by atoms with Gasteiger partial charge in [-0.2, -0.15) is 0 Å². The summed E-state index contributed by atoms with van der Waals surface area (Å²) >= 11 is 0. The Kier molecular flexibility index (Phi) is 7.13. The number of aryl methyl sites for hydroxylation is 2. The van der Waals surface area contributed by atoms with E-state index in [1.165, 1.54) is 18.5 Å². The van der Waals surface area contributed by atoms with E-state index < -0.39 is 0 Å². The van der Waals surface area contributed by atoms with Gasteiger partial charge in [-0.25, -0.2) is 0 Å². The zero-order valence-corrected chi connectivity index (χ0v) is 16.5. The van der Waals surface area contributed by atoms with Crippen LogP contribution in [0.1, 0.15) is 70.1 Å². The van der Waals surface area contributed by atoms with Gasteiger partial charge >= 0.3 is 0 Å². The first-order valence-corrected chi connectivity index (χ1v) is 9.34. The van der Waals surface area contributed by atoms with Gasteiger partial charge in [0.05, 0.1) is 27.2 Å². The Morgan fingerprint density at radius 3 is 2.17 bits per heavy atom. The van der Waals surface area contributed by atoms with Crippen LogP contribution < -0.4 is 0 Å². The average Bonchev–Trinajstić information content (AvgIpc) is 2.50. The van der Waals surface area contributed by atoms with Crippen molar-refractivity contribution in [2.75, 3.05) is 27.2 Å². The van der Waals surface area contributed by atoms with Gasteiger partial charge in [0.2, 0.25) is 0 Å². The molecule has 0 aliphatic heterocycles. The zero-order valence-electron chi connectivity index (χ0n) is 16.5. The van der Waals surface area contributed by atoms with Gasteiger partial charge in [-0.15, -0.1) is 0 Å². The Morgan fingerprint density at radius 2 is 1.65 bits per heavy atom. The van der Waals surface area contributed by atoms with Crippen LogP contribution in [0.4, 0.5) is 0 Å². The third-order valence-corrected chi connectivity index (χ3v) is 5.68. The van der Waals surface area contributed by atoms with Gasteiger partial charge < -0.3 is 9.59 Å². The van der Waals surface area contributed by atoms with E-state index in [0.29, 0.717) is 5.75 Å². The van der Waals surface area contributed by atoms with Crippen molar-refractivity contribution in [1.82, 2.24) is 0 Å². The van der Waals surface area contributed by atoms with E-state index in [2.05, 4.69) is 53.9 Å². The van der Waals surface area contributed by atoms with Crippen molar-refractivity contribution in [3.63, 3.8) is 0 Å². The number of phenolic OH excluding ortho intramolecular Hbond substituents is 1. The standard InChI is InChI=1S/C21H37NO/c1-8-13-22(6,7)14-11-12-18-16-19(15-17(4)20(18)23)21(5,9-2)10-3/h15-16H,8-14H2,1-7H3/p+1. The van der Waals surface area contributed by atoms with Crippen LogP contribution in [0.3, 0.4) is 0 Å². The highest BCUT2D eigenvalue weighted by Crippen LogP contribution is 2.35. The van der Waals surface area contributed by atoms with E-state index in [1.54, 1.807) is 0 Å². The normalized spacial score (nSPS) is 12.7. The van der Waals surface area contributed by atoms with Crippen molar-refractivity contribution >= 4 is 0 Å². The summed E-state index contributed by atoms with van der Waals surface area (Å²) < 4.78 is 1.07. The number of hydrogen-bond donors (Lipinski definition) is 1. The van der Waals surface area contributed by atoms with Crippen molar-refractivity contribution in [3.8, 4) is 5.75 Å². The van der Waals surface area contributed by atoms with E-state index in [4.69, 9.17) is 0 Å². The average molecular weight is 321 g/mol. The summed E-state index contributed by atoms with van der Waals surface area (Å²) in [5, 5.41) is 10.5. The quantitative estimate of drug-likeness (QED) is 0.620. The van der Waals surface area contributed by atoms with Gasteiger partial charge in [0.1, 0.15) is 5.75 Å². The third-order valence-electron chi connectivity index (χ3n) is 5.68. The second kappa shape index (κ2) is 8.19. The van der Waals surface area contributed by atoms with E-state index >= 15 is 0 Å². The second-order valence-corrected chi connectivity index (χ2v) is 8.06. The molecule has 0 saturated carbocycles. The maximum Gasteiger partial charge on any atom is 0.121 e. The van der Waals surface area contributed by atoms with Crippen molar-refractivity contribution < 1.29 is 9.59 Å². The fourth-order valence-electron chi connectivity index (χ4n) is 3.46. The minimum absolute atomic E-state index is 0.213. The Balaban J connectivity index is 2.93. The molecule has 1 rings (SSSR count). The van der Waals surface area contributed by atoms with Crippen molar-refractivity contribution in [2.45, 2.75) is 72.1 Å². The molecule has 0 aliphatic carbocycles. The summed E-state index contributed by atoms with van der Waals surface area (Å²) in [5.74, 6) is 0.504. The molecule has 0 aromatic heterocycles. The predicted octanol–water partition coefficient (Wildman–Crippen LogP) is 5.20. The maximum atomic E-state index is 10.5. The van der Waals surface area contributed by atoms with Crippen LogP contribution in [-0.4, -0.2) is 36.8 Å². The summed E-state index contributed by atoms with van der Waals surface area (Å²) in [4.78, 5) is 0. The fourth-order valence-corrected chi connectivity index (χ4v) is 3.46. The predicted molar refractivity (Wildman–Crippen MR) is 101 cm³/mol. The molecule has 0 amide bonds. The van der Waals surface area contributed by atoms with Crippen LogP contribution in [0.5, 0.6) is 5.75 Å². The number of aromatic hydroxyl groups is 1. The molecule has 0 atom stereocenters. The largest absolute Gasteiger partial charge is 0.507 e. The molecule has 0 aliphatic rings. The van der Waals surface area contributed by atoms with Gasteiger partial charge in [0, 0.05) is 6.42 Å². The lowest BCUT2D eigenvalue weighted by atomic mass is 9.76. The van der Waals surface area contributed by atoms with Crippen LogP contribution >= 0.6 is 0 Å². The molecule has 23 heavy (non-hydrogen) atoms. The SMILES string of the molecule is CCC[N+](C)(C)CCCc1cc(C(C)(CC)CC)cc(C)c1O. The molecule has 0 radical (unpaired) electrons. The van der Waals surface area contributed by atoms with Crippen LogP contribution in [0.25, 0.3) is 0 Å². The van der Waals surface area contributed by atoms with Gasteiger partial charge in [-0.05, 0) is 54.7 Å². The molecule has 1 aromatic carbocycles. The Labute approximate surface area is 144 Å². The number of phenols is 1. The molecule has 0 spiro atoms. The van der Waals surface area contributed by atoms with E-state index in [9.17, 15) is 5.11 Å². The summed E-state index contributed by atoms with van der Waals surface area (Å²) in [7, 11) is 4.60. The van der Waals surface area contributed by atoms with Crippen molar-refractivity contribution in [3.05, 3.63) is 28.8 Å². The molecule has 1 N–H and O–H groups in total. The third kappa shape index (κ3) is 5.24. The number of hydrogen-bond acceptors (Lipinski definition) is 1. The van der Waals surface area contributed by atoms with Crippen LogP contribution in [-0.2, 0) is 11.8 Å². The number of quaternary nitrogens is 1. The number of nitrogens with zero attached hydrogens (tertiary/aromatic N) is 1. The van der Waals surface area contributed by atoms with Gasteiger partial charge in [-0.1, -0.05) is 39.8 Å². The van der Waals surface area contributed by atoms with E-state index in [-0.39, 0.29) is 5.41 Å². The smallest absolute Gasteiger partial charge is 0.121 e. The highest BCUT2D eigenvalue weighted by atomic mass is 16.3. The van der Waals surface area contributed by atoms with E-state index in [0.717, 1.165) is 47.8 Å². The zero-order chi connectivity index (χ0) is 17.7. The maximum absolute atomic E-state index is 10.5. The fraction of sp³-hybridized carbons (Fsp3) is 0.714. The number of benzene rings is 1. The Bertz CT molecular complexity index is 501. The molecular formula is C21H38NO+. The van der Waals surface area contributed by atoms with Crippen LogP contribution in [0, 0.1) is 6.92 Å². The minimum atomic E-state index is 0.213. The first-order valence-electron chi connectivity index (χ1n) is 9.34. The molecule has 132 valence electrons. The Hall–Kier alpha value is -1.02. The molecule has 0 heterocycles. The topological polar surface area (TPSA) is 20.2 Å². The monoisotopic (exact) mass is 320 g/mol. The number of rotatable bonds is 9. The molecule has 0 bridgehead atoms. The minimum Gasteiger partial charge on any atom is -0.507 e.